The number of carbonyl (C=O) groups excluding carboxylic acids is 1. The van der Waals surface area contributed by atoms with E-state index in [1.807, 2.05) is 50.2 Å². The van der Waals surface area contributed by atoms with Gasteiger partial charge >= 0.3 is 0 Å². The maximum Gasteiger partial charge on any atom is 0.167 e. The van der Waals surface area contributed by atoms with Gasteiger partial charge in [0.15, 0.2) is 5.78 Å². The highest BCUT2D eigenvalue weighted by atomic mass is 16.1. The van der Waals surface area contributed by atoms with E-state index >= 15 is 0 Å². The lowest BCUT2D eigenvalue weighted by molar-refractivity contribution is 0.0992. The number of hydrogen-bond acceptors (Lipinski definition) is 2. The Balaban J connectivity index is 2.25. The molecule has 0 aliphatic heterocycles. The average Bonchev–Trinajstić information content (AvgIpc) is 2.38. The Hall–Kier alpha value is -1.93. The van der Waals surface area contributed by atoms with Gasteiger partial charge in [0.2, 0.25) is 0 Å². The molecule has 2 aromatic rings. The van der Waals surface area contributed by atoms with Crippen molar-refractivity contribution in [2.24, 2.45) is 5.73 Å². The van der Waals surface area contributed by atoms with Crippen LogP contribution in [-0.2, 0) is 13.0 Å². The smallest absolute Gasteiger partial charge is 0.167 e. The molecule has 2 aromatic carbocycles. The van der Waals surface area contributed by atoms with Gasteiger partial charge < -0.3 is 5.73 Å². The molecule has 2 nitrogen and oxygen atoms in total. The van der Waals surface area contributed by atoms with Gasteiger partial charge in [-0.3, -0.25) is 4.79 Å². The van der Waals surface area contributed by atoms with Gasteiger partial charge in [0, 0.05) is 18.5 Å². The quantitative estimate of drug-likeness (QED) is 0.850. The van der Waals surface area contributed by atoms with E-state index in [0.717, 1.165) is 27.8 Å². The van der Waals surface area contributed by atoms with Gasteiger partial charge in [-0.25, -0.2) is 0 Å². The summed E-state index contributed by atoms with van der Waals surface area (Å²) in [5.74, 6) is 0.146. The fraction of sp³-hybridized carbons (Fsp3) is 0.235. The van der Waals surface area contributed by atoms with Crippen molar-refractivity contribution >= 4 is 5.78 Å². The predicted octanol–water partition coefficient (Wildman–Crippen LogP) is 3.19. The van der Waals surface area contributed by atoms with Crippen molar-refractivity contribution in [3.8, 4) is 0 Å². The topological polar surface area (TPSA) is 43.1 Å². The molecular formula is C17H19NO. The molecule has 0 fully saturated rings. The van der Waals surface area contributed by atoms with Gasteiger partial charge in [0.1, 0.15) is 0 Å². The molecule has 0 aromatic heterocycles. The minimum absolute atomic E-state index is 0.146. The van der Waals surface area contributed by atoms with Crippen LogP contribution in [0.2, 0.25) is 0 Å². The SMILES string of the molecule is Cc1cc(C)cc(C(=O)Cc2ccccc2CN)c1. The molecule has 2 N–H and O–H groups in total. The lowest BCUT2D eigenvalue weighted by Crippen LogP contribution is -2.08. The zero-order valence-electron chi connectivity index (χ0n) is 11.4. The monoisotopic (exact) mass is 253 g/mol. The standard InChI is InChI=1S/C17H19NO/c1-12-7-13(2)9-16(8-12)17(19)10-14-5-3-4-6-15(14)11-18/h3-9H,10-11,18H2,1-2H3. The molecule has 0 unspecified atom stereocenters. The molecule has 0 atom stereocenters. The second-order valence-corrected chi connectivity index (χ2v) is 4.95. The third kappa shape index (κ3) is 3.30. The first-order valence-corrected chi connectivity index (χ1v) is 6.48. The number of rotatable bonds is 4. The van der Waals surface area contributed by atoms with Crippen LogP contribution in [0.25, 0.3) is 0 Å². The largest absolute Gasteiger partial charge is 0.326 e. The Bertz CT molecular complexity index is 582. The van der Waals surface area contributed by atoms with E-state index in [2.05, 4.69) is 6.07 Å². The Kier molecular flexibility index (Phi) is 4.13. The van der Waals surface area contributed by atoms with Crippen LogP contribution in [0.1, 0.15) is 32.6 Å². The fourth-order valence-electron chi connectivity index (χ4n) is 2.34. The molecule has 2 heteroatoms. The summed E-state index contributed by atoms with van der Waals surface area (Å²) >= 11 is 0. The predicted molar refractivity (Wildman–Crippen MR) is 78.3 cm³/mol. The Labute approximate surface area is 114 Å². The summed E-state index contributed by atoms with van der Waals surface area (Å²) in [5.41, 5.74) is 10.8. The minimum atomic E-state index is 0.146. The number of hydrogen-bond donors (Lipinski definition) is 1. The molecule has 0 amide bonds. The highest BCUT2D eigenvalue weighted by molar-refractivity contribution is 5.98. The van der Waals surface area contributed by atoms with Crippen LogP contribution >= 0.6 is 0 Å². The molecule has 0 radical (unpaired) electrons. The van der Waals surface area contributed by atoms with Gasteiger partial charge in [0.05, 0.1) is 0 Å². The van der Waals surface area contributed by atoms with Crippen LogP contribution in [0, 0.1) is 13.8 Å². The summed E-state index contributed by atoms with van der Waals surface area (Å²) < 4.78 is 0. The third-order valence-corrected chi connectivity index (χ3v) is 3.23. The first-order chi connectivity index (χ1) is 9.10. The van der Waals surface area contributed by atoms with Crippen LogP contribution in [0.15, 0.2) is 42.5 Å². The number of carbonyl (C=O) groups is 1. The maximum atomic E-state index is 12.3. The average molecular weight is 253 g/mol. The van der Waals surface area contributed by atoms with Gasteiger partial charge in [0.25, 0.3) is 0 Å². The summed E-state index contributed by atoms with van der Waals surface area (Å²) in [5, 5.41) is 0. The second kappa shape index (κ2) is 5.81. The Morgan fingerprint density at radius 2 is 1.58 bits per heavy atom. The van der Waals surface area contributed by atoms with Crippen molar-refractivity contribution < 1.29 is 4.79 Å². The third-order valence-electron chi connectivity index (χ3n) is 3.23. The molecule has 0 spiro atoms. The zero-order chi connectivity index (χ0) is 13.8. The molecule has 0 aliphatic rings. The highest BCUT2D eigenvalue weighted by Gasteiger charge is 2.10. The van der Waals surface area contributed by atoms with Gasteiger partial charge in [-0.2, -0.15) is 0 Å². The van der Waals surface area contributed by atoms with E-state index in [1.165, 1.54) is 0 Å². The molecule has 0 aliphatic carbocycles. The van der Waals surface area contributed by atoms with Crippen molar-refractivity contribution in [2.45, 2.75) is 26.8 Å². The molecule has 2 rings (SSSR count). The number of ketones is 1. The number of Topliss-reactive ketones (excluding diaryl/α,β-unsaturated/α-hetero) is 1. The first kappa shape index (κ1) is 13.5. The molecule has 0 bridgehead atoms. The molecule has 19 heavy (non-hydrogen) atoms. The van der Waals surface area contributed by atoms with Gasteiger partial charge in [-0.15, -0.1) is 0 Å². The van der Waals surface area contributed by atoms with Gasteiger partial charge in [-0.05, 0) is 37.1 Å². The van der Waals surface area contributed by atoms with E-state index in [-0.39, 0.29) is 5.78 Å². The van der Waals surface area contributed by atoms with Crippen LogP contribution in [0.3, 0.4) is 0 Å². The Morgan fingerprint density at radius 1 is 1.00 bits per heavy atom. The molecule has 98 valence electrons. The summed E-state index contributed by atoms with van der Waals surface area (Å²) in [4.78, 5) is 12.3. The van der Waals surface area contributed by atoms with E-state index in [0.29, 0.717) is 13.0 Å². The van der Waals surface area contributed by atoms with Crippen molar-refractivity contribution in [1.82, 2.24) is 0 Å². The van der Waals surface area contributed by atoms with E-state index < -0.39 is 0 Å². The summed E-state index contributed by atoms with van der Waals surface area (Å²) in [6.07, 6.45) is 0.413. The zero-order valence-corrected chi connectivity index (χ0v) is 11.4. The minimum Gasteiger partial charge on any atom is -0.326 e. The highest BCUT2D eigenvalue weighted by Crippen LogP contribution is 2.15. The fourth-order valence-corrected chi connectivity index (χ4v) is 2.34. The normalized spacial score (nSPS) is 10.5. The van der Waals surface area contributed by atoms with Crippen LogP contribution < -0.4 is 5.73 Å². The van der Waals surface area contributed by atoms with E-state index in [1.54, 1.807) is 0 Å². The molecule has 0 saturated heterocycles. The lowest BCUT2D eigenvalue weighted by Gasteiger charge is -2.08. The van der Waals surface area contributed by atoms with E-state index in [4.69, 9.17) is 5.73 Å². The first-order valence-electron chi connectivity index (χ1n) is 6.48. The van der Waals surface area contributed by atoms with Gasteiger partial charge in [-0.1, -0.05) is 41.5 Å². The van der Waals surface area contributed by atoms with Crippen molar-refractivity contribution in [3.05, 3.63) is 70.3 Å². The van der Waals surface area contributed by atoms with E-state index in [9.17, 15) is 4.79 Å². The Morgan fingerprint density at radius 3 is 2.16 bits per heavy atom. The van der Waals surface area contributed by atoms with Crippen LogP contribution in [-0.4, -0.2) is 5.78 Å². The molecule has 0 saturated carbocycles. The lowest BCUT2D eigenvalue weighted by atomic mass is 9.97. The second-order valence-electron chi connectivity index (χ2n) is 4.95. The van der Waals surface area contributed by atoms with Crippen molar-refractivity contribution in [1.29, 1.82) is 0 Å². The summed E-state index contributed by atoms with van der Waals surface area (Å²) in [6, 6.07) is 13.8. The van der Waals surface area contributed by atoms with Crippen LogP contribution in [0.4, 0.5) is 0 Å². The number of nitrogens with two attached hydrogens (primary N) is 1. The number of benzene rings is 2. The number of aryl methyl sites for hydroxylation is 2. The van der Waals surface area contributed by atoms with Crippen molar-refractivity contribution in [3.63, 3.8) is 0 Å². The summed E-state index contributed by atoms with van der Waals surface area (Å²) in [7, 11) is 0. The van der Waals surface area contributed by atoms with Crippen LogP contribution in [0.5, 0.6) is 0 Å². The molecular weight excluding hydrogens is 234 g/mol. The van der Waals surface area contributed by atoms with Crippen molar-refractivity contribution in [2.75, 3.05) is 0 Å². The summed E-state index contributed by atoms with van der Waals surface area (Å²) in [6.45, 7) is 4.49. The maximum absolute atomic E-state index is 12.3. The molecule has 0 heterocycles.